The fourth-order valence-corrected chi connectivity index (χ4v) is 2.48. The lowest BCUT2D eigenvalue weighted by molar-refractivity contribution is 0.205. The van der Waals surface area contributed by atoms with Gasteiger partial charge in [0.05, 0.1) is 0 Å². The second-order valence-corrected chi connectivity index (χ2v) is 9.00. The first-order valence-corrected chi connectivity index (χ1v) is 8.57. The number of rotatable bonds is 4. The molecular formula is C22H34N2. The van der Waals surface area contributed by atoms with Gasteiger partial charge in [-0.3, -0.25) is 4.99 Å². The minimum Gasteiger partial charge on any atom is -0.398 e. The zero-order valence-corrected chi connectivity index (χ0v) is 16.7. The van der Waals surface area contributed by atoms with Crippen LogP contribution in [0.25, 0.3) is 5.57 Å². The minimum atomic E-state index is -0.0663. The molecule has 1 aromatic rings. The van der Waals surface area contributed by atoms with Gasteiger partial charge in [-0.2, -0.15) is 0 Å². The van der Waals surface area contributed by atoms with Crippen molar-refractivity contribution < 1.29 is 0 Å². The van der Waals surface area contributed by atoms with Crippen LogP contribution in [0, 0.1) is 16.2 Å². The molecule has 0 aliphatic heterocycles. The first kappa shape index (κ1) is 20.2. The van der Waals surface area contributed by atoms with Gasteiger partial charge in [0, 0.05) is 22.4 Å². The number of anilines is 1. The number of para-hydroxylation sites is 1. The van der Waals surface area contributed by atoms with E-state index in [1.807, 2.05) is 18.2 Å². The van der Waals surface area contributed by atoms with Gasteiger partial charge < -0.3 is 5.73 Å². The van der Waals surface area contributed by atoms with Crippen LogP contribution in [0.1, 0.15) is 61.0 Å². The lowest BCUT2D eigenvalue weighted by Gasteiger charge is -2.41. The van der Waals surface area contributed by atoms with Crippen molar-refractivity contribution in [1.29, 1.82) is 0 Å². The molecule has 24 heavy (non-hydrogen) atoms. The Morgan fingerprint density at radius 1 is 0.958 bits per heavy atom. The standard InChI is InChI=1S/C22H34N2/c1-20(2,3)19(24-9)15-14-17(22(7,8)21(4,5)6)16-12-10-11-13-18(16)23/h10-15H,9,23H2,1-8H3/b17-14-,19-15-. The van der Waals surface area contributed by atoms with E-state index < -0.39 is 0 Å². The molecule has 0 saturated heterocycles. The number of aliphatic imine (C=N–C) groups is 1. The summed E-state index contributed by atoms with van der Waals surface area (Å²) in [7, 11) is 0. The lowest BCUT2D eigenvalue weighted by atomic mass is 9.63. The molecule has 0 heterocycles. The number of benzene rings is 1. The number of nitrogens with zero attached hydrogens (tertiary/aromatic N) is 1. The Morgan fingerprint density at radius 3 is 1.92 bits per heavy atom. The van der Waals surface area contributed by atoms with Crippen LogP contribution in [0.15, 0.2) is 47.1 Å². The number of hydrogen-bond donors (Lipinski definition) is 1. The Bertz CT molecular complexity index is 647. The molecule has 0 aliphatic rings. The van der Waals surface area contributed by atoms with Gasteiger partial charge in [0.2, 0.25) is 0 Å². The topological polar surface area (TPSA) is 38.4 Å². The largest absolute Gasteiger partial charge is 0.398 e. The molecule has 0 unspecified atom stereocenters. The molecule has 1 aromatic carbocycles. The third-order valence-electron chi connectivity index (χ3n) is 5.15. The van der Waals surface area contributed by atoms with Gasteiger partial charge in [-0.05, 0) is 35.3 Å². The van der Waals surface area contributed by atoms with E-state index in [-0.39, 0.29) is 16.2 Å². The first-order valence-electron chi connectivity index (χ1n) is 8.57. The number of nitrogen functional groups attached to an aromatic ring is 1. The van der Waals surface area contributed by atoms with Gasteiger partial charge in [0.25, 0.3) is 0 Å². The van der Waals surface area contributed by atoms with Gasteiger partial charge in [-0.1, -0.05) is 79.7 Å². The Morgan fingerprint density at radius 2 is 1.50 bits per heavy atom. The number of allylic oxidation sites excluding steroid dienone is 4. The molecule has 132 valence electrons. The van der Waals surface area contributed by atoms with E-state index in [0.29, 0.717) is 0 Å². The maximum atomic E-state index is 6.29. The van der Waals surface area contributed by atoms with Crippen LogP contribution in [0.2, 0.25) is 0 Å². The van der Waals surface area contributed by atoms with Gasteiger partial charge >= 0.3 is 0 Å². The SMILES string of the molecule is C=N/C(=C\C=C(\c1ccccc1N)C(C)(C)C(C)(C)C)C(C)(C)C. The average molecular weight is 327 g/mol. The summed E-state index contributed by atoms with van der Waals surface area (Å²) in [6, 6.07) is 8.07. The van der Waals surface area contributed by atoms with E-state index >= 15 is 0 Å². The predicted octanol–water partition coefficient (Wildman–Crippen LogP) is 6.36. The molecule has 0 spiro atoms. The van der Waals surface area contributed by atoms with Crippen LogP contribution in [-0.2, 0) is 0 Å². The van der Waals surface area contributed by atoms with Crippen LogP contribution < -0.4 is 5.73 Å². The second-order valence-electron chi connectivity index (χ2n) is 9.00. The van der Waals surface area contributed by atoms with Crippen molar-refractivity contribution in [2.75, 3.05) is 5.73 Å². The molecule has 0 bridgehead atoms. The molecule has 0 radical (unpaired) electrons. The Labute approximate surface area is 148 Å². The third-order valence-corrected chi connectivity index (χ3v) is 5.15. The van der Waals surface area contributed by atoms with Crippen molar-refractivity contribution in [3.8, 4) is 0 Å². The monoisotopic (exact) mass is 326 g/mol. The summed E-state index contributed by atoms with van der Waals surface area (Å²) in [5.74, 6) is 0. The highest BCUT2D eigenvalue weighted by atomic mass is 14.7. The van der Waals surface area contributed by atoms with Crippen LogP contribution in [0.5, 0.6) is 0 Å². The Kier molecular flexibility index (Phi) is 5.86. The Hall–Kier alpha value is -1.83. The van der Waals surface area contributed by atoms with Crippen molar-refractivity contribution in [1.82, 2.24) is 0 Å². The van der Waals surface area contributed by atoms with Crippen LogP contribution in [0.3, 0.4) is 0 Å². The molecule has 0 fully saturated rings. The summed E-state index contributed by atoms with van der Waals surface area (Å²) in [4.78, 5) is 4.23. The molecule has 0 atom stereocenters. The zero-order valence-electron chi connectivity index (χ0n) is 16.7. The predicted molar refractivity (Wildman–Crippen MR) is 109 cm³/mol. The summed E-state index contributed by atoms with van der Waals surface area (Å²) in [6.07, 6.45) is 4.26. The fraction of sp³-hybridized carbons (Fsp3) is 0.500. The summed E-state index contributed by atoms with van der Waals surface area (Å²) in [6.45, 7) is 21.5. The van der Waals surface area contributed by atoms with E-state index in [2.05, 4.69) is 85.3 Å². The van der Waals surface area contributed by atoms with Gasteiger partial charge in [-0.25, -0.2) is 0 Å². The second kappa shape index (κ2) is 6.96. The highest BCUT2D eigenvalue weighted by Gasteiger charge is 2.37. The molecular weight excluding hydrogens is 292 g/mol. The van der Waals surface area contributed by atoms with E-state index in [4.69, 9.17) is 5.73 Å². The summed E-state index contributed by atoms with van der Waals surface area (Å²) < 4.78 is 0. The summed E-state index contributed by atoms with van der Waals surface area (Å²) in [5, 5.41) is 0. The minimum absolute atomic E-state index is 0.0442. The van der Waals surface area contributed by atoms with Gasteiger partial charge in [0.1, 0.15) is 0 Å². The summed E-state index contributed by atoms with van der Waals surface area (Å²) in [5.41, 5.74) is 10.3. The van der Waals surface area contributed by atoms with E-state index in [0.717, 1.165) is 16.9 Å². The molecule has 1 rings (SSSR count). The van der Waals surface area contributed by atoms with Crippen molar-refractivity contribution in [3.05, 3.63) is 47.7 Å². The van der Waals surface area contributed by atoms with Crippen LogP contribution in [0.4, 0.5) is 5.69 Å². The van der Waals surface area contributed by atoms with Gasteiger partial charge in [-0.15, -0.1) is 0 Å². The number of nitrogens with two attached hydrogens (primary N) is 1. The molecule has 2 nitrogen and oxygen atoms in total. The van der Waals surface area contributed by atoms with Crippen LogP contribution in [-0.4, -0.2) is 6.72 Å². The normalized spacial score (nSPS) is 14.7. The molecule has 0 saturated carbocycles. The maximum absolute atomic E-state index is 6.29. The molecule has 2 heteroatoms. The molecule has 2 N–H and O–H groups in total. The maximum Gasteiger partial charge on any atom is 0.0449 e. The van der Waals surface area contributed by atoms with Gasteiger partial charge in [0.15, 0.2) is 0 Å². The summed E-state index contributed by atoms with van der Waals surface area (Å²) >= 11 is 0. The number of hydrogen-bond acceptors (Lipinski definition) is 2. The van der Waals surface area contributed by atoms with E-state index in [1.165, 1.54) is 5.57 Å². The molecule has 0 aromatic heterocycles. The zero-order chi connectivity index (χ0) is 18.8. The smallest absolute Gasteiger partial charge is 0.0449 e. The van der Waals surface area contributed by atoms with Crippen molar-refractivity contribution in [3.63, 3.8) is 0 Å². The third kappa shape index (κ3) is 4.37. The average Bonchev–Trinajstić information content (AvgIpc) is 2.42. The van der Waals surface area contributed by atoms with Crippen molar-refractivity contribution in [2.45, 2.75) is 55.4 Å². The molecule has 0 amide bonds. The Balaban J connectivity index is 3.63. The molecule has 0 aliphatic carbocycles. The van der Waals surface area contributed by atoms with E-state index in [9.17, 15) is 0 Å². The quantitative estimate of drug-likeness (QED) is 0.390. The fourth-order valence-electron chi connectivity index (χ4n) is 2.48. The van der Waals surface area contributed by atoms with Crippen LogP contribution >= 0.6 is 0 Å². The van der Waals surface area contributed by atoms with Crippen molar-refractivity contribution in [2.24, 2.45) is 21.2 Å². The lowest BCUT2D eigenvalue weighted by Crippen LogP contribution is -2.31. The highest BCUT2D eigenvalue weighted by molar-refractivity contribution is 5.79. The highest BCUT2D eigenvalue weighted by Crippen LogP contribution is 2.49. The first-order chi connectivity index (χ1) is 10.8. The van der Waals surface area contributed by atoms with E-state index in [1.54, 1.807) is 0 Å². The van der Waals surface area contributed by atoms with Crippen molar-refractivity contribution >= 4 is 18.0 Å².